The van der Waals surface area contributed by atoms with Gasteiger partial charge in [-0.25, -0.2) is 24.2 Å². The van der Waals surface area contributed by atoms with Gasteiger partial charge in [0.05, 0.1) is 25.0 Å². The Hall–Kier alpha value is -2.86. The van der Waals surface area contributed by atoms with Gasteiger partial charge in [-0.15, -0.1) is 0 Å². The summed E-state index contributed by atoms with van der Waals surface area (Å²) in [4.78, 5) is 30.9. The van der Waals surface area contributed by atoms with Gasteiger partial charge in [0.25, 0.3) is 0 Å². The highest BCUT2D eigenvalue weighted by atomic mass is 79.9. The fourth-order valence-electron chi connectivity index (χ4n) is 2.49. The molecule has 0 amide bonds. The third kappa shape index (κ3) is 4.27. The molecule has 0 saturated carbocycles. The van der Waals surface area contributed by atoms with Crippen molar-refractivity contribution in [2.45, 2.75) is 0 Å². The highest BCUT2D eigenvalue weighted by Crippen LogP contribution is 2.21. The molecule has 150 valence electrons. The number of aromatic nitrogens is 6. The lowest BCUT2D eigenvalue weighted by Crippen LogP contribution is -2.03. The molecule has 1 N–H and O–H groups in total. The molecule has 0 unspecified atom stereocenters. The summed E-state index contributed by atoms with van der Waals surface area (Å²) in [5.41, 5.74) is 1.74. The summed E-state index contributed by atoms with van der Waals surface area (Å²) >= 11 is 6.56. The number of nitrogens with one attached hydrogen (secondary N) is 1. The van der Waals surface area contributed by atoms with Gasteiger partial charge in [-0.1, -0.05) is 0 Å². The number of hydrogen-bond acceptors (Lipinski definition) is 8. The average molecular weight is 526 g/mol. The number of rotatable bonds is 2. The zero-order valence-corrected chi connectivity index (χ0v) is 18.6. The van der Waals surface area contributed by atoms with Crippen LogP contribution in [-0.4, -0.2) is 56.1 Å². The smallest absolute Gasteiger partial charge is 0.359 e. The van der Waals surface area contributed by atoms with E-state index in [1.54, 1.807) is 36.3 Å². The van der Waals surface area contributed by atoms with Gasteiger partial charge in [0.15, 0.2) is 22.7 Å². The standard InChI is InChI=1S/C9H8BrN3O2.C8H6BrN3O2/c1-13-8-6(3-5(10)4-11-8)7(12-13)9(14)15-2;1-14-8(13)6-5-2-4(9)3-10-7(5)12-11-6/h3-4H,1-2H3;2-3H,1H3,(H,10,11,12). The van der Waals surface area contributed by atoms with E-state index in [9.17, 15) is 9.59 Å². The minimum Gasteiger partial charge on any atom is -0.464 e. The average Bonchev–Trinajstić information content (AvgIpc) is 3.28. The Bertz CT molecular complexity index is 1220. The van der Waals surface area contributed by atoms with E-state index in [2.05, 4.69) is 66.6 Å². The molecule has 0 spiro atoms. The molecule has 0 aliphatic carbocycles. The Balaban J connectivity index is 0.000000166. The maximum absolute atomic E-state index is 11.4. The molecule has 0 saturated heterocycles. The monoisotopic (exact) mass is 524 g/mol. The van der Waals surface area contributed by atoms with Gasteiger partial charge in [0.1, 0.15) is 0 Å². The Morgan fingerprint density at radius 1 is 1.00 bits per heavy atom. The van der Waals surface area contributed by atoms with Crippen LogP contribution in [0.25, 0.3) is 22.1 Å². The molecule has 4 rings (SSSR count). The van der Waals surface area contributed by atoms with E-state index in [1.165, 1.54) is 14.2 Å². The first-order chi connectivity index (χ1) is 13.8. The van der Waals surface area contributed by atoms with Crippen molar-refractivity contribution in [1.29, 1.82) is 0 Å². The third-order valence-electron chi connectivity index (χ3n) is 3.79. The molecule has 4 aromatic rings. The molecule has 0 aliphatic rings. The number of methoxy groups -OCH3 is 2. The minimum atomic E-state index is -0.458. The van der Waals surface area contributed by atoms with Crippen LogP contribution in [0.4, 0.5) is 0 Å². The SMILES string of the molecule is COC(=O)c1[nH]nc2ncc(Br)cc12.COC(=O)c1nn(C)c2ncc(Br)cc12. The van der Waals surface area contributed by atoms with Crippen molar-refractivity contribution >= 4 is 65.9 Å². The second-order valence-corrected chi connectivity index (χ2v) is 7.43. The van der Waals surface area contributed by atoms with Gasteiger partial charge in [-0.2, -0.15) is 10.2 Å². The fraction of sp³-hybridized carbons (Fsp3) is 0.176. The first-order valence-corrected chi connectivity index (χ1v) is 9.58. The number of carbonyl (C=O) groups is 2. The minimum absolute atomic E-state index is 0.281. The van der Waals surface area contributed by atoms with Crippen LogP contribution in [0.5, 0.6) is 0 Å². The number of nitrogens with zero attached hydrogens (tertiary/aromatic N) is 5. The molecule has 0 fully saturated rings. The van der Waals surface area contributed by atoms with E-state index >= 15 is 0 Å². The summed E-state index contributed by atoms with van der Waals surface area (Å²) in [7, 11) is 4.38. The Labute approximate surface area is 180 Å². The lowest BCUT2D eigenvalue weighted by Gasteiger charge is -1.95. The van der Waals surface area contributed by atoms with Crippen molar-refractivity contribution in [1.82, 2.24) is 29.9 Å². The topological polar surface area (TPSA) is 125 Å². The number of aryl methyl sites for hydroxylation is 1. The number of hydrogen-bond donors (Lipinski definition) is 1. The molecule has 12 heteroatoms. The largest absolute Gasteiger partial charge is 0.464 e. The fourth-order valence-corrected chi connectivity index (χ4v) is 3.16. The second kappa shape index (κ2) is 8.66. The number of esters is 2. The van der Waals surface area contributed by atoms with Crippen molar-refractivity contribution in [2.75, 3.05) is 14.2 Å². The lowest BCUT2D eigenvalue weighted by molar-refractivity contribution is 0.0587. The summed E-state index contributed by atoms with van der Waals surface area (Å²) in [5.74, 6) is -0.909. The molecule has 0 bridgehead atoms. The van der Waals surface area contributed by atoms with Crippen molar-refractivity contribution in [3.8, 4) is 0 Å². The number of pyridine rings is 2. The predicted molar refractivity (Wildman–Crippen MR) is 110 cm³/mol. The number of ether oxygens (including phenoxy) is 2. The molecular formula is C17H14Br2N6O4. The zero-order valence-electron chi connectivity index (χ0n) is 15.4. The first-order valence-electron chi connectivity index (χ1n) is 8.00. The maximum Gasteiger partial charge on any atom is 0.359 e. The molecular weight excluding hydrogens is 512 g/mol. The molecule has 0 aliphatic heterocycles. The van der Waals surface area contributed by atoms with E-state index in [0.717, 1.165) is 8.95 Å². The van der Waals surface area contributed by atoms with Crippen molar-refractivity contribution in [3.05, 3.63) is 44.9 Å². The van der Waals surface area contributed by atoms with Crippen LogP contribution in [0.2, 0.25) is 0 Å². The van der Waals surface area contributed by atoms with Crippen LogP contribution < -0.4 is 0 Å². The molecule has 4 aromatic heterocycles. The van der Waals surface area contributed by atoms with Crippen LogP contribution in [0, 0.1) is 0 Å². The van der Waals surface area contributed by atoms with Crippen molar-refractivity contribution in [2.24, 2.45) is 7.05 Å². The quantitative estimate of drug-likeness (QED) is 0.396. The van der Waals surface area contributed by atoms with Gasteiger partial charge in [-0.3, -0.25) is 5.10 Å². The zero-order chi connectivity index (χ0) is 21.1. The Morgan fingerprint density at radius 2 is 1.62 bits per heavy atom. The summed E-state index contributed by atoms with van der Waals surface area (Å²) in [6.07, 6.45) is 3.27. The third-order valence-corrected chi connectivity index (χ3v) is 4.66. The van der Waals surface area contributed by atoms with Crippen LogP contribution in [-0.2, 0) is 16.5 Å². The summed E-state index contributed by atoms with van der Waals surface area (Å²) in [5, 5.41) is 11.8. The van der Waals surface area contributed by atoms with Crippen LogP contribution >= 0.6 is 31.9 Å². The van der Waals surface area contributed by atoms with E-state index in [-0.39, 0.29) is 5.69 Å². The van der Waals surface area contributed by atoms with Crippen LogP contribution in [0.15, 0.2) is 33.5 Å². The Morgan fingerprint density at radius 3 is 2.28 bits per heavy atom. The second-order valence-electron chi connectivity index (χ2n) is 5.60. The van der Waals surface area contributed by atoms with Gasteiger partial charge < -0.3 is 9.47 Å². The van der Waals surface area contributed by atoms with Crippen molar-refractivity contribution < 1.29 is 19.1 Å². The van der Waals surface area contributed by atoms with E-state index in [0.29, 0.717) is 27.8 Å². The molecule has 0 radical (unpaired) electrons. The first kappa shape index (κ1) is 20.9. The normalized spacial score (nSPS) is 10.5. The molecule has 4 heterocycles. The summed E-state index contributed by atoms with van der Waals surface area (Å²) in [6, 6.07) is 3.56. The molecule has 29 heavy (non-hydrogen) atoms. The van der Waals surface area contributed by atoms with Gasteiger partial charge >= 0.3 is 11.9 Å². The van der Waals surface area contributed by atoms with Gasteiger partial charge in [0, 0.05) is 28.4 Å². The number of H-pyrrole nitrogens is 1. The lowest BCUT2D eigenvalue weighted by atomic mass is 10.3. The molecule has 0 atom stereocenters. The highest BCUT2D eigenvalue weighted by molar-refractivity contribution is 9.10. The van der Waals surface area contributed by atoms with Crippen molar-refractivity contribution in [3.63, 3.8) is 0 Å². The molecule has 10 nitrogen and oxygen atoms in total. The molecule has 0 aromatic carbocycles. The van der Waals surface area contributed by atoms with Crippen LogP contribution in [0.1, 0.15) is 21.0 Å². The van der Waals surface area contributed by atoms with Gasteiger partial charge in [0.2, 0.25) is 0 Å². The number of fused-ring (bicyclic) bond motifs is 2. The van der Waals surface area contributed by atoms with Gasteiger partial charge in [-0.05, 0) is 44.0 Å². The van der Waals surface area contributed by atoms with E-state index in [4.69, 9.17) is 0 Å². The summed E-state index contributed by atoms with van der Waals surface area (Å²) < 4.78 is 12.4. The van der Waals surface area contributed by atoms with E-state index < -0.39 is 11.9 Å². The maximum atomic E-state index is 11.4. The Kier molecular flexibility index (Phi) is 6.23. The summed E-state index contributed by atoms with van der Waals surface area (Å²) in [6.45, 7) is 0. The van der Waals surface area contributed by atoms with E-state index in [1.807, 2.05) is 0 Å². The number of aromatic amines is 1. The number of halogens is 2. The number of carbonyl (C=O) groups excluding carboxylic acids is 2. The predicted octanol–water partition coefficient (Wildman–Crippen LogP) is 3.02. The highest BCUT2D eigenvalue weighted by Gasteiger charge is 2.17. The van der Waals surface area contributed by atoms with Crippen LogP contribution in [0.3, 0.4) is 0 Å².